The number of aromatic nitrogens is 6. The third-order valence-corrected chi connectivity index (χ3v) is 4.00. The molecule has 0 aliphatic heterocycles. The Hall–Kier alpha value is -3.22. The maximum absolute atomic E-state index is 4.65. The number of anilines is 2. The third kappa shape index (κ3) is 3.21. The number of hydrogen-bond acceptors (Lipinski definition) is 5. The molecule has 7 nitrogen and oxygen atoms in total. The summed E-state index contributed by atoms with van der Waals surface area (Å²) in [5.41, 5.74) is 3.64. The van der Waals surface area contributed by atoms with Crippen molar-refractivity contribution < 1.29 is 0 Å². The maximum Gasteiger partial charge on any atom is 0.197 e. The van der Waals surface area contributed by atoms with Crippen molar-refractivity contribution in [2.75, 3.05) is 5.32 Å². The molecule has 0 aliphatic rings. The van der Waals surface area contributed by atoms with Crippen LogP contribution in [0, 0.1) is 0 Å². The Morgan fingerprint density at radius 2 is 1.96 bits per heavy atom. The molecule has 0 aliphatic carbocycles. The van der Waals surface area contributed by atoms with Crippen LogP contribution in [0.15, 0.2) is 48.9 Å². The molecule has 4 rings (SSSR count). The lowest BCUT2D eigenvalue weighted by atomic mass is 10.1. The molecule has 3 heterocycles. The number of benzene rings is 1. The maximum atomic E-state index is 4.65. The largest absolute Gasteiger partial charge is 0.322 e. The lowest BCUT2D eigenvalue weighted by molar-refractivity contribution is 0.810. The van der Waals surface area contributed by atoms with Gasteiger partial charge in [0, 0.05) is 11.8 Å². The van der Waals surface area contributed by atoms with E-state index in [1.165, 1.54) is 5.56 Å². The average Bonchev–Trinajstić information content (AvgIpc) is 3.24. The van der Waals surface area contributed by atoms with Gasteiger partial charge in [-0.25, -0.2) is 15.0 Å². The van der Waals surface area contributed by atoms with Crippen molar-refractivity contribution in [1.82, 2.24) is 29.7 Å². The highest BCUT2D eigenvalue weighted by atomic mass is 15.2. The van der Waals surface area contributed by atoms with E-state index in [0.717, 1.165) is 17.2 Å². The zero-order chi connectivity index (χ0) is 17.2. The highest BCUT2D eigenvalue weighted by molar-refractivity contribution is 5.69. The summed E-state index contributed by atoms with van der Waals surface area (Å²) in [6.45, 7) is 4.94. The van der Waals surface area contributed by atoms with Gasteiger partial charge in [0.05, 0.1) is 19.1 Å². The van der Waals surface area contributed by atoms with Crippen LogP contribution >= 0.6 is 0 Å². The number of nitrogens with one attached hydrogen (secondary N) is 2. The molecule has 0 spiro atoms. The van der Waals surface area contributed by atoms with Crippen molar-refractivity contribution in [2.24, 2.45) is 0 Å². The fourth-order valence-corrected chi connectivity index (χ4v) is 2.62. The second-order valence-corrected chi connectivity index (χ2v) is 6.25. The lowest BCUT2D eigenvalue weighted by Crippen LogP contribution is -2.01. The van der Waals surface area contributed by atoms with E-state index < -0.39 is 0 Å². The average molecular weight is 333 g/mol. The SMILES string of the molecule is CC(C)c1cc(Nc2cnc3ncn(Cc4ccccc4)c3n2)n[nH]1. The Labute approximate surface area is 145 Å². The number of hydrogen-bond donors (Lipinski definition) is 2. The molecule has 0 fully saturated rings. The molecule has 7 heteroatoms. The Balaban J connectivity index is 1.61. The van der Waals surface area contributed by atoms with Crippen LogP contribution in [0.1, 0.15) is 31.0 Å². The fourth-order valence-electron chi connectivity index (χ4n) is 2.62. The third-order valence-electron chi connectivity index (χ3n) is 4.00. The van der Waals surface area contributed by atoms with E-state index >= 15 is 0 Å². The number of fused-ring (bicyclic) bond motifs is 1. The molecule has 4 aromatic rings. The second-order valence-electron chi connectivity index (χ2n) is 6.25. The minimum absolute atomic E-state index is 0.393. The van der Waals surface area contributed by atoms with Crippen LogP contribution in [-0.4, -0.2) is 29.7 Å². The van der Waals surface area contributed by atoms with Gasteiger partial charge in [-0.05, 0) is 11.5 Å². The fraction of sp³-hybridized carbons (Fsp3) is 0.222. The van der Waals surface area contributed by atoms with E-state index in [-0.39, 0.29) is 0 Å². The van der Waals surface area contributed by atoms with E-state index in [2.05, 4.69) is 56.4 Å². The zero-order valence-corrected chi connectivity index (χ0v) is 14.1. The highest BCUT2D eigenvalue weighted by Crippen LogP contribution is 2.19. The van der Waals surface area contributed by atoms with E-state index in [0.29, 0.717) is 23.9 Å². The molecule has 0 radical (unpaired) electrons. The number of nitrogens with zero attached hydrogens (tertiary/aromatic N) is 5. The Kier molecular flexibility index (Phi) is 3.89. The molecule has 0 atom stereocenters. The van der Waals surface area contributed by atoms with Gasteiger partial charge < -0.3 is 9.88 Å². The van der Waals surface area contributed by atoms with Gasteiger partial charge in [0.2, 0.25) is 0 Å². The quantitative estimate of drug-likeness (QED) is 0.584. The van der Waals surface area contributed by atoms with E-state index in [1.54, 1.807) is 12.5 Å². The summed E-state index contributed by atoms with van der Waals surface area (Å²) in [5, 5.41) is 10.5. The summed E-state index contributed by atoms with van der Waals surface area (Å²) in [6, 6.07) is 12.2. The van der Waals surface area contributed by atoms with Crippen LogP contribution in [0.2, 0.25) is 0 Å². The molecule has 126 valence electrons. The topological polar surface area (TPSA) is 84.3 Å². The summed E-state index contributed by atoms with van der Waals surface area (Å²) in [4.78, 5) is 13.4. The van der Waals surface area contributed by atoms with Gasteiger partial charge >= 0.3 is 0 Å². The second kappa shape index (κ2) is 6.35. The summed E-state index contributed by atoms with van der Waals surface area (Å²) >= 11 is 0. The lowest BCUT2D eigenvalue weighted by Gasteiger charge is -2.05. The normalized spacial score (nSPS) is 11.3. The summed E-state index contributed by atoms with van der Waals surface area (Å²) in [7, 11) is 0. The molecule has 1 aromatic carbocycles. The van der Waals surface area contributed by atoms with Crippen molar-refractivity contribution >= 4 is 22.9 Å². The molecule has 0 saturated carbocycles. The zero-order valence-electron chi connectivity index (χ0n) is 14.1. The van der Waals surface area contributed by atoms with Crippen molar-refractivity contribution in [3.05, 3.63) is 60.2 Å². The monoisotopic (exact) mass is 333 g/mol. The van der Waals surface area contributed by atoms with Gasteiger partial charge in [0.15, 0.2) is 22.9 Å². The molecular weight excluding hydrogens is 314 g/mol. The van der Waals surface area contributed by atoms with Gasteiger partial charge in [0.25, 0.3) is 0 Å². The van der Waals surface area contributed by atoms with Crippen molar-refractivity contribution in [3.63, 3.8) is 0 Å². The molecule has 3 aromatic heterocycles. The Morgan fingerprint density at radius 3 is 2.72 bits per heavy atom. The van der Waals surface area contributed by atoms with Crippen LogP contribution in [0.5, 0.6) is 0 Å². The van der Waals surface area contributed by atoms with Crippen molar-refractivity contribution in [1.29, 1.82) is 0 Å². The first-order valence-corrected chi connectivity index (χ1v) is 8.23. The minimum Gasteiger partial charge on any atom is -0.322 e. The first-order chi connectivity index (χ1) is 12.2. The number of H-pyrrole nitrogens is 1. The first kappa shape index (κ1) is 15.3. The minimum atomic E-state index is 0.393. The van der Waals surface area contributed by atoms with Crippen LogP contribution in [0.4, 0.5) is 11.6 Å². The summed E-state index contributed by atoms with van der Waals surface area (Å²) < 4.78 is 1.99. The number of imidazole rings is 1. The summed E-state index contributed by atoms with van der Waals surface area (Å²) in [6.07, 6.45) is 3.44. The van der Waals surface area contributed by atoms with Crippen molar-refractivity contribution in [2.45, 2.75) is 26.3 Å². The predicted octanol–water partition coefficient (Wildman–Crippen LogP) is 3.46. The van der Waals surface area contributed by atoms with Gasteiger partial charge in [-0.2, -0.15) is 5.10 Å². The first-order valence-electron chi connectivity index (χ1n) is 8.23. The van der Waals surface area contributed by atoms with Crippen molar-refractivity contribution in [3.8, 4) is 0 Å². The predicted molar refractivity (Wildman–Crippen MR) is 96.8 cm³/mol. The van der Waals surface area contributed by atoms with E-state index in [9.17, 15) is 0 Å². The molecule has 2 N–H and O–H groups in total. The molecule has 0 unspecified atom stereocenters. The van der Waals surface area contributed by atoms with Crippen LogP contribution in [0.3, 0.4) is 0 Å². The van der Waals surface area contributed by atoms with Crippen LogP contribution in [0.25, 0.3) is 11.3 Å². The van der Waals surface area contributed by atoms with Gasteiger partial charge in [-0.15, -0.1) is 0 Å². The van der Waals surface area contributed by atoms with Gasteiger partial charge in [-0.1, -0.05) is 44.2 Å². The van der Waals surface area contributed by atoms with Gasteiger partial charge in [0.1, 0.15) is 0 Å². The molecule has 0 bridgehead atoms. The van der Waals surface area contributed by atoms with Crippen LogP contribution < -0.4 is 5.32 Å². The number of aromatic amines is 1. The van der Waals surface area contributed by atoms with Gasteiger partial charge in [-0.3, -0.25) is 5.10 Å². The number of rotatable bonds is 5. The summed E-state index contributed by atoms with van der Waals surface area (Å²) in [5.74, 6) is 1.76. The molecule has 0 amide bonds. The van der Waals surface area contributed by atoms with E-state index in [1.807, 2.05) is 28.8 Å². The van der Waals surface area contributed by atoms with Crippen LogP contribution in [-0.2, 0) is 6.54 Å². The highest BCUT2D eigenvalue weighted by Gasteiger charge is 2.10. The van der Waals surface area contributed by atoms with E-state index in [4.69, 9.17) is 0 Å². The smallest absolute Gasteiger partial charge is 0.197 e. The Bertz CT molecular complexity index is 985. The molecule has 25 heavy (non-hydrogen) atoms. The standard InChI is InChI=1S/C18H19N7/c1-12(2)14-8-15(24-23-14)21-16-9-19-17-18(22-16)25(11-20-17)10-13-6-4-3-5-7-13/h3-9,11-12H,10H2,1-2H3,(H2,21,22,23,24). The molecular formula is C18H19N7. The Morgan fingerprint density at radius 1 is 1.12 bits per heavy atom. The molecule has 0 saturated heterocycles.